The van der Waals surface area contributed by atoms with Crippen LogP contribution in [-0.2, 0) is 9.59 Å². The minimum absolute atomic E-state index is 0.0346. The van der Waals surface area contributed by atoms with Crippen molar-refractivity contribution in [3.63, 3.8) is 0 Å². The predicted molar refractivity (Wildman–Crippen MR) is 74.5 cm³/mol. The molecule has 0 spiro atoms. The zero-order valence-electron chi connectivity index (χ0n) is 12.3. The van der Waals surface area contributed by atoms with Crippen LogP contribution in [0.5, 0.6) is 0 Å². The van der Waals surface area contributed by atoms with E-state index in [-0.39, 0.29) is 29.8 Å². The lowest BCUT2D eigenvalue weighted by Crippen LogP contribution is -2.65. The molecule has 0 aromatic heterocycles. The van der Waals surface area contributed by atoms with Gasteiger partial charge in [0.15, 0.2) is 0 Å². The second-order valence-electron chi connectivity index (χ2n) is 6.33. The number of carbonyl (C=O) groups is 2. The lowest BCUT2D eigenvalue weighted by atomic mass is 9.83. The molecule has 1 aliphatic heterocycles. The molecule has 1 saturated heterocycles. The Labute approximate surface area is 115 Å². The van der Waals surface area contributed by atoms with E-state index in [9.17, 15) is 9.59 Å². The number of amides is 2. The van der Waals surface area contributed by atoms with E-state index < -0.39 is 0 Å². The molecule has 1 heterocycles. The molecule has 1 saturated carbocycles. The number of nitrogens with one attached hydrogen (secondary N) is 1. The molecule has 1 aliphatic carbocycles. The highest BCUT2D eigenvalue weighted by Gasteiger charge is 2.42. The normalized spacial score (nSPS) is 28.5. The average molecular weight is 266 g/mol. The first-order valence-electron chi connectivity index (χ1n) is 7.65. The molecule has 1 N–H and O–H groups in total. The Balaban J connectivity index is 2.13. The molecule has 0 aromatic rings. The first kappa shape index (κ1) is 14.4. The minimum Gasteiger partial charge on any atom is -0.342 e. The van der Waals surface area contributed by atoms with E-state index in [1.165, 1.54) is 19.3 Å². The molecule has 2 fully saturated rings. The Hall–Kier alpha value is -1.06. The Morgan fingerprint density at radius 1 is 1.32 bits per heavy atom. The molecule has 0 radical (unpaired) electrons. The van der Waals surface area contributed by atoms with E-state index in [0.717, 1.165) is 19.4 Å². The van der Waals surface area contributed by atoms with Gasteiger partial charge in [-0.25, -0.2) is 0 Å². The SMILES string of the molecule is CCCC1NC(=O)C(C(C)C)N(CC2CCC2)C1=O. The fourth-order valence-electron chi connectivity index (χ4n) is 3.10. The highest BCUT2D eigenvalue weighted by Crippen LogP contribution is 2.30. The monoisotopic (exact) mass is 266 g/mol. The van der Waals surface area contributed by atoms with Gasteiger partial charge in [-0.1, -0.05) is 33.6 Å². The summed E-state index contributed by atoms with van der Waals surface area (Å²) in [7, 11) is 0. The van der Waals surface area contributed by atoms with E-state index in [4.69, 9.17) is 0 Å². The smallest absolute Gasteiger partial charge is 0.245 e. The summed E-state index contributed by atoms with van der Waals surface area (Å²) in [5.41, 5.74) is 0. The van der Waals surface area contributed by atoms with Crippen LogP contribution in [-0.4, -0.2) is 35.3 Å². The lowest BCUT2D eigenvalue weighted by molar-refractivity contribution is -0.152. The summed E-state index contributed by atoms with van der Waals surface area (Å²) in [5.74, 6) is 0.949. The molecule has 0 aromatic carbocycles. The summed E-state index contributed by atoms with van der Waals surface area (Å²) in [4.78, 5) is 26.7. The largest absolute Gasteiger partial charge is 0.342 e. The summed E-state index contributed by atoms with van der Waals surface area (Å²) >= 11 is 0. The van der Waals surface area contributed by atoms with Crippen molar-refractivity contribution in [2.75, 3.05) is 6.54 Å². The van der Waals surface area contributed by atoms with Crippen LogP contribution < -0.4 is 5.32 Å². The van der Waals surface area contributed by atoms with Crippen molar-refractivity contribution in [2.45, 2.75) is 65.0 Å². The first-order valence-corrected chi connectivity index (χ1v) is 7.65. The van der Waals surface area contributed by atoms with Gasteiger partial charge in [-0.2, -0.15) is 0 Å². The topological polar surface area (TPSA) is 49.4 Å². The molecule has 4 heteroatoms. The number of rotatable bonds is 5. The van der Waals surface area contributed by atoms with E-state index in [2.05, 4.69) is 5.32 Å². The zero-order valence-corrected chi connectivity index (χ0v) is 12.3. The van der Waals surface area contributed by atoms with Crippen LogP contribution in [0.3, 0.4) is 0 Å². The van der Waals surface area contributed by atoms with Crippen molar-refractivity contribution in [1.82, 2.24) is 10.2 Å². The maximum absolute atomic E-state index is 12.6. The Morgan fingerprint density at radius 3 is 2.47 bits per heavy atom. The summed E-state index contributed by atoms with van der Waals surface area (Å²) in [5, 5.41) is 2.91. The second kappa shape index (κ2) is 5.93. The van der Waals surface area contributed by atoms with Gasteiger partial charge in [-0.15, -0.1) is 0 Å². The fraction of sp³-hybridized carbons (Fsp3) is 0.867. The van der Waals surface area contributed by atoms with Gasteiger partial charge in [-0.3, -0.25) is 9.59 Å². The van der Waals surface area contributed by atoms with Crippen LogP contribution in [0.15, 0.2) is 0 Å². The van der Waals surface area contributed by atoms with Gasteiger partial charge < -0.3 is 10.2 Å². The maximum atomic E-state index is 12.6. The molecule has 2 unspecified atom stereocenters. The number of hydrogen-bond donors (Lipinski definition) is 1. The third-order valence-electron chi connectivity index (χ3n) is 4.39. The third kappa shape index (κ3) is 2.93. The fourth-order valence-corrected chi connectivity index (χ4v) is 3.10. The van der Waals surface area contributed by atoms with Crippen LogP contribution in [0, 0.1) is 11.8 Å². The summed E-state index contributed by atoms with van der Waals surface area (Å²) < 4.78 is 0. The van der Waals surface area contributed by atoms with Gasteiger partial charge in [0.25, 0.3) is 0 Å². The van der Waals surface area contributed by atoms with Gasteiger partial charge >= 0.3 is 0 Å². The summed E-state index contributed by atoms with van der Waals surface area (Å²) in [6.07, 6.45) is 5.34. The quantitative estimate of drug-likeness (QED) is 0.826. The van der Waals surface area contributed by atoms with Crippen LogP contribution in [0.25, 0.3) is 0 Å². The second-order valence-corrected chi connectivity index (χ2v) is 6.33. The molecular formula is C15H26N2O2. The number of carbonyl (C=O) groups excluding carboxylic acids is 2. The summed E-state index contributed by atoms with van der Waals surface area (Å²) in [6, 6.07) is -0.575. The highest BCUT2D eigenvalue weighted by molar-refractivity contribution is 5.97. The average Bonchev–Trinajstić information content (AvgIpc) is 2.28. The molecule has 2 aliphatic rings. The van der Waals surface area contributed by atoms with Gasteiger partial charge in [0.1, 0.15) is 12.1 Å². The molecule has 0 bridgehead atoms. The molecule has 4 nitrogen and oxygen atoms in total. The molecule has 2 amide bonds. The Morgan fingerprint density at radius 2 is 2.00 bits per heavy atom. The molecular weight excluding hydrogens is 240 g/mol. The standard InChI is InChI=1S/C15H26N2O2/c1-4-6-12-15(19)17(9-11-7-5-8-11)13(10(2)3)14(18)16-12/h10-13H,4-9H2,1-3H3,(H,16,18). The molecule has 108 valence electrons. The Bertz CT molecular complexity index is 350. The van der Waals surface area contributed by atoms with Gasteiger partial charge in [0.2, 0.25) is 11.8 Å². The van der Waals surface area contributed by atoms with Crippen molar-refractivity contribution in [1.29, 1.82) is 0 Å². The van der Waals surface area contributed by atoms with Crippen LogP contribution in [0.2, 0.25) is 0 Å². The number of piperazine rings is 1. The van der Waals surface area contributed by atoms with Gasteiger partial charge in [0, 0.05) is 6.54 Å². The predicted octanol–water partition coefficient (Wildman–Crippen LogP) is 1.94. The maximum Gasteiger partial charge on any atom is 0.245 e. The van der Waals surface area contributed by atoms with Gasteiger partial charge in [-0.05, 0) is 31.1 Å². The minimum atomic E-state index is -0.299. The van der Waals surface area contributed by atoms with Crippen molar-refractivity contribution in [3.05, 3.63) is 0 Å². The third-order valence-corrected chi connectivity index (χ3v) is 4.39. The van der Waals surface area contributed by atoms with Gasteiger partial charge in [0.05, 0.1) is 0 Å². The summed E-state index contributed by atoms with van der Waals surface area (Å²) in [6.45, 7) is 6.86. The molecule has 2 rings (SSSR count). The Kier molecular flexibility index (Phi) is 4.48. The van der Waals surface area contributed by atoms with Crippen LogP contribution in [0.1, 0.15) is 52.9 Å². The number of nitrogens with zero attached hydrogens (tertiary/aromatic N) is 1. The van der Waals surface area contributed by atoms with Crippen molar-refractivity contribution < 1.29 is 9.59 Å². The first-order chi connectivity index (χ1) is 9.04. The molecule has 19 heavy (non-hydrogen) atoms. The van der Waals surface area contributed by atoms with Crippen molar-refractivity contribution in [3.8, 4) is 0 Å². The van der Waals surface area contributed by atoms with E-state index in [1.54, 1.807) is 0 Å². The zero-order chi connectivity index (χ0) is 14.0. The van der Waals surface area contributed by atoms with E-state index in [0.29, 0.717) is 5.92 Å². The number of hydrogen-bond acceptors (Lipinski definition) is 2. The molecule has 2 atom stereocenters. The lowest BCUT2D eigenvalue weighted by Gasteiger charge is -2.43. The van der Waals surface area contributed by atoms with Crippen LogP contribution in [0.4, 0.5) is 0 Å². The van der Waals surface area contributed by atoms with Crippen LogP contribution >= 0.6 is 0 Å². The van der Waals surface area contributed by atoms with E-state index in [1.807, 2.05) is 25.7 Å². The van der Waals surface area contributed by atoms with Crippen molar-refractivity contribution in [2.24, 2.45) is 11.8 Å². The van der Waals surface area contributed by atoms with Crippen molar-refractivity contribution >= 4 is 11.8 Å². The highest BCUT2D eigenvalue weighted by atomic mass is 16.2. The van der Waals surface area contributed by atoms with E-state index >= 15 is 0 Å².